The molecule has 0 spiro atoms. The first-order valence-electron chi connectivity index (χ1n) is 9.95. The van der Waals surface area contributed by atoms with Crippen molar-refractivity contribution < 1.29 is 9.53 Å². The van der Waals surface area contributed by atoms with Crippen LogP contribution in [0, 0.1) is 0 Å². The highest BCUT2D eigenvalue weighted by atomic mass is 79.9. The fourth-order valence-electron chi connectivity index (χ4n) is 2.67. The Morgan fingerprint density at radius 3 is 1.42 bits per heavy atom. The zero-order valence-electron chi connectivity index (χ0n) is 16.0. The van der Waals surface area contributed by atoms with Crippen molar-refractivity contribution >= 4 is 34.5 Å². The average Bonchev–Trinajstić information content (AvgIpc) is 2.53. The molecule has 0 bridgehead atoms. The minimum Gasteiger partial charge on any atom is -0.465 e. The van der Waals surface area contributed by atoms with Crippen molar-refractivity contribution in [2.45, 2.75) is 108 Å². The number of rotatable bonds is 17. The fraction of sp³-hybridized carbons (Fsp3) is 0.950. The molecule has 0 aliphatic rings. The van der Waals surface area contributed by atoms with Crippen LogP contribution in [-0.2, 0) is 9.53 Å². The summed E-state index contributed by atoms with van der Waals surface area (Å²) >= 11 is 7.55. The number of ether oxygens (including phenoxy) is 1. The normalized spacial score (nSPS) is 11.7. The predicted octanol–water partition coefficient (Wildman–Crippen LogP) is 7.09. The van der Waals surface area contributed by atoms with Crippen molar-refractivity contribution in [2.75, 3.05) is 12.4 Å². The third-order valence-corrected chi connectivity index (χ3v) is 4.91. The second-order valence-electron chi connectivity index (χ2n) is 7.28. The van der Waals surface area contributed by atoms with Gasteiger partial charge in [0, 0.05) is 0 Å². The Kier molecular flexibility index (Phi) is 17.0. The summed E-state index contributed by atoms with van der Waals surface area (Å²) in [4.78, 5) is 11.5. The predicted molar refractivity (Wildman–Crippen MR) is 112 cm³/mol. The van der Waals surface area contributed by atoms with Gasteiger partial charge in [0.1, 0.15) is 4.32 Å². The number of hydrogen-bond donors (Lipinski definition) is 1. The smallest absolute Gasteiger partial charge is 0.322 e. The molecule has 0 aliphatic heterocycles. The van der Waals surface area contributed by atoms with Crippen molar-refractivity contribution in [1.82, 2.24) is 0 Å². The maximum absolute atomic E-state index is 11.5. The standard InChI is InChI=1S/C20H39BrO2S/c1-20(2,21)19(22)23-17-15-13-11-9-7-5-3-4-6-8-10-12-14-16-18-24/h24H,3-18H2,1-2H3. The molecule has 0 aromatic heterocycles. The van der Waals surface area contributed by atoms with Crippen LogP contribution in [0.1, 0.15) is 104 Å². The van der Waals surface area contributed by atoms with E-state index in [1.807, 2.05) is 13.8 Å². The van der Waals surface area contributed by atoms with E-state index in [2.05, 4.69) is 28.6 Å². The van der Waals surface area contributed by atoms with Crippen molar-refractivity contribution in [3.05, 3.63) is 0 Å². The summed E-state index contributed by atoms with van der Waals surface area (Å²) in [6.07, 6.45) is 18.5. The van der Waals surface area contributed by atoms with Crippen molar-refractivity contribution in [3.8, 4) is 0 Å². The SMILES string of the molecule is CC(C)(Br)C(=O)OCCCCCCCCCCCCCCCCS. The Morgan fingerprint density at radius 2 is 1.08 bits per heavy atom. The summed E-state index contributed by atoms with van der Waals surface area (Å²) in [5.74, 6) is 0.879. The second-order valence-corrected chi connectivity index (χ2v) is 9.71. The van der Waals surface area contributed by atoms with E-state index in [0.717, 1.165) is 12.2 Å². The van der Waals surface area contributed by atoms with Gasteiger partial charge in [-0.25, -0.2) is 0 Å². The minimum atomic E-state index is -0.556. The Balaban J connectivity index is 3.12. The van der Waals surface area contributed by atoms with E-state index >= 15 is 0 Å². The lowest BCUT2D eigenvalue weighted by molar-refractivity contribution is -0.145. The molecule has 0 aromatic rings. The van der Waals surface area contributed by atoms with E-state index < -0.39 is 4.32 Å². The average molecular weight is 424 g/mol. The van der Waals surface area contributed by atoms with Gasteiger partial charge in [-0.05, 0) is 32.4 Å². The first-order valence-corrected chi connectivity index (χ1v) is 11.4. The van der Waals surface area contributed by atoms with E-state index in [9.17, 15) is 4.79 Å². The summed E-state index contributed by atoms with van der Waals surface area (Å²) in [6, 6.07) is 0. The first-order chi connectivity index (χ1) is 11.5. The van der Waals surface area contributed by atoms with E-state index in [0.29, 0.717) is 6.61 Å². The Hall–Kier alpha value is 0.300. The van der Waals surface area contributed by atoms with Gasteiger partial charge in [-0.15, -0.1) is 0 Å². The highest BCUT2D eigenvalue weighted by Gasteiger charge is 2.24. The molecule has 0 aromatic carbocycles. The minimum absolute atomic E-state index is 0.163. The van der Waals surface area contributed by atoms with Gasteiger partial charge in [-0.2, -0.15) is 12.6 Å². The number of carbonyl (C=O) groups is 1. The molecule has 0 unspecified atom stereocenters. The molecular weight excluding hydrogens is 384 g/mol. The van der Waals surface area contributed by atoms with Crippen LogP contribution in [0.5, 0.6) is 0 Å². The molecule has 2 nitrogen and oxygen atoms in total. The molecule has 0 atom stereocenters. The summed E-state index contributed by atoms with van der Waals surface area (Å²) in [6.45, 7) is 4.19. The maximum atomic E-state index is 11.5. The number of thiol groups is 1. The third kappa shape index (κ3) is 17.1. The summed E-state index contributed by atoms with van der Waals surface area (Å²) in [5, 5.41) is 0. The van der Waals surface area contributed by atoms with Gasteiger partial charge in [-0.3, -0.25) is 4.79 Å². The largest absolute Gasteiger partial charge is 0.465 e. The maximum Gasteiger partial charge on any atom is 0.322 e. The number of halogens is 1. The molecule has 144 valence electrons. The molecule has 0 saturated carbocycles. The van der Waals surface area contributed by atoms with Gasteiger partial charge in [0.2, 0.25) is 0 Å². The fourth-order valence-corrected chi connectivity index (χ4v) is 3.01. The number of esters is 1. The van der Waals surface area contributed by atoms with Crippen LogP contribution in [-0.4, -0.2) is 22.7 Å². The summed E-state index contributed by atoms with van der Waals surface area (Å²) in [5.41, 5.74) is 0. The second kappa shape index (κ2) is 16.8. The van der Waals surface area contributed by atoms with E-state index in [4.69, 9.17) is 4.74 Å². The van der Waals surface area contributed by atoms with Crippen LogP contribution in [0.4, 0.5) is 0 Å². The Bertz CT molecular complexity index is 290. The number of alkyl halides is 1. The van der Waals surface area contributed by atoms with Crippen LogP contribution in [0.3, 0.4) is 0 Å². The molecule has 4 heteroatoms. The molecule has 24 heavy (non-hydrogen) atoms. The van der Waals surface area contributed by atoms with Gasteiger partial charge < -0.3 is 4.74 Å². The van der Waals surface area contributed by atoms with Gasteiger partial charge in [0.25, 0.3) is 0 Å². The summed E-state index contributed by atoms with van der Waals surface area (Å²) in [7, 11) is 0. The van der Waals surface area contributed by atoms with E-state index in [1.54, 1.807) is 0 Å². The molecule has 0 N–H and O–H groups in total. The van der Waals surface area contributed by atoms with Crippen LogP contribution >= 0.6 is 28.6 Å². The first kappa shape index (κ1) is 24.3. The number of unbranched alkanes of at least 4 members (excludes halogenated alkanes) is 13. The Labute approximate surface area is 164 Å². The quantitative estimate of drug-likeness (QED) is 0.117. The van der Waals surface area contributed by atoms with Crippen LogP contribution in [0.15, 0.2) is 0 Å². The highest BCUT2D eigenvalue weighted by Crippen LogP contribution is 2.18. The molecule has 0 heterocycles. The lowest BCUT2D eigenvalue weighted by atomic mass is 10.0. The molecular formula is C20H39BrO2S. The topological polar surface area (TPSA) is 26.3 Å². The van der Waals surface area contributed by atoms with Crippen molar-refractivity contribution in [1.29, 1.82) is 0 Å². The molecule has 0 amide bonds. The van der Waals surface area contributed by atoms with E-state index in [-0.39, 0.29) is 5.97 Å². The van der Waals surface area contributed by atoms with Crippen LogP contribution in [0.25, 0.3) is 0 Å². The van der Waals surface area contributed by atoms with Gasteiger partial charge in [0.15, 0.2) is 0 Å². The zero-order chi connectivity index (χ0) is 18.1. The summed E-state index contributed by atoms with van der Waals surface area (Å²) < 4.78 is 4.67. The molecule has 0 radical (unpaired) electrons. The zero-order valence-corrected chi connectivity index (χ0v) is 18.4. The van der Waals surface area contributed by atoms with Crippen LogP contribution in [0.2, 0.25) is 0 Å². The van der Waals surface area contributed by atoms with Crippen molar-refractivity contribution in [3.63, 3.8) is 0 Å². The number of hydrogen-bond acceptors (Lipinski definition) is 3. The van der Waals surface area contributed by atoms with Crippen molar-refractivity contribution in [2.24, 2.45) is 0 Å². The lowest BCUT2D eigenvalue weighted by Crippen LogP contribution is -2.26. The Morgan fingerprint density at radius 1 is 0.750 bits per heavy atom. The van der Waals surface area contributed by atoms with Gasteiger partial charge >= 0.3 is 5.97 Å². The highest BCUT2D eigenvalue weighted by molar-refractivity contribution is 9.10. The molecule has 0 aliphatic carbocycles. The molecule has 0 fully saturated rings. The van der Waals surface area contributed by atoms with Crippen LogP contribution < -0.4 is 0 Å². The van der Waals surface area contributed by atoms with Gasteiger partial charge in [0.05, 0.1) is 6.61 Å². The lowest BCUT2D eigenvalue weighted by Gasteiger charge is -2.14. The van der Waals surface area contributed by atoms with E-state index in [1.165, 1.54) is 83.5 Å². The third-order valence-electron chi connectivity index (χ3n) is 4.27. The molecule has 0 saturated heterocycles. The van der Waals surface area contributed by atoms with Gasteiger partial charge in [-0.1, -0.05) is 93.0 Å². The molecule has 0 rings (SSSR count). The monoisotopic (exact) mass is 422 g/mol. The number of carbonyl (C=O) groups excluding carboxylic acids is 1.